The van der Waals surface area contributed by atoms with E-state index >= 15 is 0 Å². The van der Waals surface area contributed by atoms with Gasteiger partial charge < -0.3 is 4.74 Å². The molecule has 7 nitrogen and oxygen atoms in total. The number of hydrogen-bond donors (Lipinski definition) is 1. The van der Waals surface area contributed by atoms with Crippen LogP contribution in [0.5, 0.6) is 5.75 Å². The van der Waals surface area contributed by atoms with Crippen LogP contribution in [0.4, 0.5) is 11.5 Å². The molecule has 0 unspecified atom stereocenters. The maximum atomic E-state index is 10.9. The molecular weight excluding hydrogens is 432 g/mol. The molecule has 1 heterocycles. The molecule has 0 saturated heterocycles. The number of hydrazone groups is 1. The van der Waals surface area contributed by atoms with E-state index in [4.69, 9.17) is 4.74 Å². The smallest absolute Gasteiger partial charge is 0.313 e. The Hall–Kier alpha value is -2.00. The largest absolute Gasteiger partial charge is 0.492 e. The SMILES string of the molecule is CCOc1c(Br)cc(/C=N\Nc2ncccc2[N+](=O)[O-])cc1Br. The predicted molar refractivity (Wildman–Crippen MR) is 95.1 cm³/mol. The third kappa shape index (κ3) is 4.49. The standard InChI is InChI=1S/C14H12Br2N4O3/c1-2-23-13-10(15)6-9(7-11(13)16)8-18-19-14-12(20(21)22)4-3-5-17-14/h3-8H,2H2,1H3,(H,17,19)/b18-8-. The molecule has 2 aromatic rings. The van der Waals surface area contributed by atoms with Gasteiger partial charge in [0.2, 0.25) is 5.82 Å². The molecule has 0 bridgehead atoms. The number of anilines is 1. The number of ether oxygens (including phenoxy) is 1. The second-order valence-electron chi connectivity index (χ2n) is 4.24. The van der Waals surface area contributed by atoms with E-state index < -0.39 is 4.92 Å². The first-order chi connectivity index (χ1) is 11.0. The summed E-state index contributed by atoms with van der Waals surface area (Å²) in [5, 5.41) is 14.9. The number of halogens is 2. The Morgan fingerprint density at radius 3 is 2.74 bits per heavy atom. The number of pyridine rings is 1. The van der Waals surface area contributed by atoms with Crippen LogP contribution in [0.3, 0.4) is 0 Å². The number of hydrogen-bond acceptors (Lipinski definition) is 6. The van der Waals surface area contributed by atoms with Gasteiger partial charge in [0.15, 0.2) is 0 Å². The highest BCUT2D eigenvalue weighted by Gasteiger charge is 2.13. The summed E-state index contributed by atoms with van der Waals surface area (Å²) >= 11 is 6.86. The fraction of sp³-hybridized carbons (Fsp3) is 0.143. The molecule has 0 fully saturated rings. The summed E-state index contributed by atoms with van der Waals surface area (Å²) in [6.07, 6.45) is 2.98. The lowest BCUT2D eigenvalue weighted by Gasteiger charge is -2.09. The maximum Gasteiger partial charge on any atom is 0.313 e. The minimum atomic E-state index is -0.519. The molecule has 0 aliphatic rings. The molecular formula is C14H12Br2N4O3. The van der Waals surface area contributed by atoms with E-state index in [0.717, 1.165) is 14.5 Å². The second kappa shape index (κ2) is 8.02. The van der Waals surface area contributed by atoms with Crippen molar-refractivity contribution < 1.29 is 9.66 Å². The van der Waals surface area contributed by atoms with Crippen molar-refractivity contribution in [3.63, 3.8) is 0 Å². The van der Waals surface area contributed by atoms with E-state index in [0.29, 0.717) is 12.4 Å². The van der Waals surface area contributed by atoms with Crippen molar-refractivity contribution >= 4 is 49.6 Å². The van der Waals surface area contributed by atoms with Gasteiger partial charge in [0.05, 0.1) is 26.7 Å². The van der Waals surface area contributed by atoms with Gasteiger partial charge in [0, 0.05) is 12.3 Å². The highest BCUT2D eigenvalue weighted by atomic mass is 79.9. The quantitative estimate of drug-likeness (QED) is 0.407. The first-order valence-corrected chi connectivity index (χ1v) is 8.11. The van der Waals surface area contributed by atoms with Gasteiger partial charge in [-0.05, 0) is 62.5 Å². The summed E-state index contributed by atoms with van der Waals surface area (Å²) in [5.74, 6) is 0.788. The molecule has 0 amide bonds. The Labute approximate surface area is 149 Å². The topological polar surface area (TPSA) is 89.7 Å². The van der Waals surface area contributed by atoms with E-state index in [1.807, 2.05) is 19.1 Å². The van der Waals surface area contributed by atoms with Gasteiger partial charge in [-0.1, -0.05) is 0 Å². The summed E-state index contributed by atoms with van der Waals surface area (Å²) in [7, 11) is 0. The Morgan fingerprint density at radius 1 is 1.43 bits per heavy atom. The number of rotatable bonds is 6. The zero-order valence-corrected chi connectivity index (χ0v) is 15.2. The van der Waals surface area contributed by atoms with Crippen molar-refractivity contribution in [1.82, 2.24) is 4.98 Å². The van der Waals surface area contributed by atoms with Crippen molar-refractivity contribution in [1.29, 1.82) is 0 Å². The summed E-state index contributed by atoms with van der Waals surface area (Å²) in [4.78, 5) is 14.3. The fourth-order valence-electron chi connectivity index (χ4n) is 1.73. The molecule has 0 radical (unpaired) electrons. The molecule has 9 heteroatoms. The van der Waals surface area contributed by atoms with E-state index in [-0.39, 0.29) is 11.5 Å². The van der Waals surface area contributed by atoms with Gasteiger partial charge in [-0.2, -0.15) is 5.10 Å². The highest BCUT2D eigenvalue weighted by Crippen LogP contribution is 2.34. The summed E-state index contributed by atoms with van der Waals surface area (Å²) in [5.41, 5.74) is 3.21. The van der Waals surface area contributed by atoms with E-state index in [1.54, 1.807) is 0 Å². The summed E-state index contributed by atoms with van der Waals surface area (Å²) in [6, 6.07) is 6.50. The molecule has 120 valence electrons. The zero-order valence-electron chi connectivity index (χ0n) is 12.0. The third-order valence-electron chi connectivity index (χ3n) is 2.68. The van der Waals surface area contributed by atoms with Crippen LogP contribution in [-0.4, -0.2) is 22.7 Å². The molecule has 1 aromatic carbocycles. The molecule has 1 N–H and O–H groups in total. The van der Waals surface area contributed by atoms with Crippen LogP contribution in [0.15, 0.2) is 44.5 Å². The van der Waals surface area contributed by atoms with Crippen molar-refractivity contribution in [2.24, 2.45) is 5.10 Å². The van der Waals surface area contributed by atoms with Crippen molar-refractivity contribution in [2.45, 2.75) is 6.92 Å². The lowest BCUT2D eigenvalue weighted by atomic mass is 10.2. The molecule has 0 atom stereocenters. The van der Waals surface area contributed by atoms with E-state index in [1.165, 1.54) is 24.5 Å². The van der Waals surface area contributed by atoms with E-state index in [9.17, 15) is 10.1 Å². The normalized spacial score (nSPS) is 10.7. The van der Waals surface area contributed by atoms with Crippen molar-refractivity contribution in [3.05, 3.63) is 55.1 Å². The van der Waals surface area contributed by atoms with Crippen LogP contribution >= 0.6 is 31.9 Å². The average molecular weight is 444 g/mol. The molecule has 0 spiro atoms. The summed E-state index contributed by atoms with van der Waals surface area (Å²) < 4.78 is 7.05. The van der Waals surface area contributed by atoms with Gasteiger partial charge in [-0.15, -0.1) is 0 Å². The highest BCUT2D eigenvalue weighted by molar-refractivity contribution is 9.11. The monoisotopic (exact) mass is 442 g/mol. The predicted octanol–water partition coefficient (Wildman–Crippen LogP) is 4.36. The molecule has 0 aliphatic carbocycles. The number of nitrogens with one attached hydrogen (secondary N) is 1. The second-order valence-corrected chi connectivity index (χ2v) is 5.95. The third-order valence-corrected chi connectivity index (χ3v) is 3.85. The van der Waals surface area contributed by atoms with Crippen LogP contribution in [0.2, 0.25) is 0 Å². The van der Waals surface area contributed by atoms with E-state index in [2.05, 4.69) is 47.4 Å². The Morgan fingerprint density at radius 2 is 2.13 bits per heavy atom. The van der Waals surface area contributed by atoms with Gasteiger partial charge >= 0.3 is 5.69 Å². The van der Waals surface area contributed by atoms with Gasteiger partial charge in [-0.3, -0.25) is 15.5 Å². The minimum Gasteiger partial charge on any atom is -0.492 e. The van der Waals surface area contributed by atoms with Crippen LogP contribution in [0.1, 0.15) is 12.5 Å². The van der Waals surface area contributed by atoms with Gasteiger partial charge in [0.1, 0.15) is 5.75 Å². The maximum absolute atomic E-state index is 10.9. The lowest BCUT2D eigenvalue weighted by molar-refractivity contribution is -0.384. The number of benzene rings is 1. The van der Waals surface area contributed by atoms with Gasteiger partial charge in [-0.25, -0.2) is 4.98 Å². The average Bonchev–Trinajstić information content (AvgIpc) is 2.51. The van der Waals surface area contributed by atoms with Crippen LogP contribution < -0.4 is 10.2 Å². The van der Waals surface area contributed by atoms with Crippen LogP contribution in [0.25, 0.3) is 0 Å². The first kappa shape index (κ1) is 17.4. The lowest BCUT2D eigenvalue weighted by Crippen LogP contribution is -1.99. The molecule has 23 heavy (non-hydrogen) atoms. The number of aromatic nitrogens is 1. The zero-order chi connectivity index (χ0) is 16.8. The van der Waals surface area contributed by atoms with Crippen molar-refractivity contribution in [3.8, 4) is 5.75 Å². The van der Waals surface area contributed by atoms with Crippen LogP contribution in [0, 0.1) is 10.1 Å². The van der Waals surface area contributed by atoms with Crippen LogP contribution in [-0.2, 0) is 0 Å². The molecule has 0 saturated carbocycles. The Bertz CT molecular complexity index is 730. The Kier molecular flexibility index (Phi) is 6.05. The summed E-state index contributed by atoms with van der Waals surface area (Å²) in [6.45, 7) is 2.45. The number of nitrogens with zero attached hydrogens (tertiary/aromatic N) is 3. The number of nitro groups is 1. The van der Waals surface area contributed by atoms with Gasteiger partial charge in [0.25, 0.3) is 0 Å². The molecule has 2 rings (SSSR count). The molecule has 1 aromatic heterocycles. The Balaban J connectivity index is 2.17. The van der Waals surface area contributed by atoms with Crippen molar-refractivity contribution in [2.75, 3.05) is 12.0 Å². The molecule has 0 aliphatic heterocycles. The first-order valence-electron chi connectivity index (χ1n) is 6.53. The fourth-order valence-corrected chi connectivity index (χ4v) is 3.19. The minimum absolute atomic E-state index is 0.0813.